The van der Waals surface area contributed by atoms with Crippen LogP contribution < -0.4 is 5.32 Å². The van der Waals surface area contributed by atoms with E-state index in [1.807, 2.05) is 31.2 Å². The third-order valence-electron chi connectivity index (χ3n) is 3.81. The maximum absolute atomic E-state index is 12.2. The number of amides is 1. The Morgan fingerprint density at radius 2 is 1.96 bits per heavy atom. The van der Waals surface area contributed by atoms with Crippen LogP contribution in [0.15, 0.2) is 42.5 Å². The van der Waals surface area contributed by atoms with Gasteiger partial charge in [-0.1, -0.05) is 30.3 Å². The second-order valence-corrected chi connectivity index (χ2v) is 5.76. The molecule has 9 nitrogen and oxygen atoms in total. The zero-order valence-corrected chi connectivity index (χ0v) is 14.2. The molecule has 0 saturated heterocycles. The van der Waals surface area contributed by atoms with Gasteiger partial charge in [0.05, 0.1) is 4.92 Å². The minimum Gasteiger partial charge on any atom is -0.324 e. The molecule has 0 saturated carbocycles. The lowest BCUT2D eigenvalue weighted by molar-refractivity contribution is -0.385. The smallest absolute Gasteiger partial charge is 0.274 e. The number of nitrogens with one attached hydrogen (secondary N) is 1. The van der Waals surface area contributed by atoms with Crippen molar-refractivity contribution < 1.29 is 9.72 Å². The Bertz CT molecular complexity index is 982. The predicted octanol–water partition coefficient (Wildman–Crippen LogP) is 2.50. The van der Waals surface area contributed by atoms with E-state index in [1.165, 1.54) is 10.9 Å². The molecule has 0 aliphatic heterocycles. The summed E-state index contributed by atoms with van der Waals surface area (Å²) in [5.74, 6) is 0.0266. The van der Waals surface area contributed by atoms with Gasteiger partial charge in [-0.3, -0.25) is 14.9 Å². The van der Waals surface area contributed by atoms with Gasteiger partial charge in [0.2, 0.25) is 11.7 Å². The van der Waals surface area contributed by atoms with Gasteiger partial charge < -0.3 is 5.32 Å². The van der Waals surface area contributed by atoms with Crippen molar-refractivity contribution in [1.82, 2.24) is 20.2 Å². The van der Waals surface area contributed by atoms with Crippen molar-refractivity contribution in [3.8, 4) is 11.4 Å². The number of benzene rings is 2. The first-order valence-electron chi connectivity index (χ1n) is 7.83. The molecule has 26 heavy (non-hydrogen) atoms. The summed E-state index contributed by atoms with van der Waals surface area (Å²) in [5, 5.41) is 25.6. The normalized spacial score (nSPS) is 10.5. The first-order valence-corrected chi connectivity index (χ1v) is 7.83. The summed E-state index contributed by atoms with van der Waals surface area (Å²) in [5.41, 5.74) is 2.65. The number of carbonyl (C=O) groups excluding carboxylic acids is 1. The molecule has 132 valence electrons. The number of hydrogen-bond donors (Lipinski definition) is 1. The minimum absolute atomic E-state index is 0.0523. The molecule has 0 aliphatic rings. The van der Waals surface area contributed by atoms with Crippen LogP contribution >= 0.6 is 0 Å². The Morgan fingerprint density at radius 1 is 1.19 bits per heavy atom. The fraction of sp³-hybridized carbons (Fsp3) is 0.176. The topological polar surface area (TPSA) is 116 Å². The van der Waals surface area contributed by atoms with Gasteiger partial charge in [-0.15, -0.1) is 10.2 Å². The Morgan fingerprint density at radius 3 is 2.69 bits per heavy atom. The van der Waals surface area contributed by atoms with Gasteiger partial charge >= 0.3 is 0 Å². The molecule has 1 heterocycles. The van der Waals surface area contributed by atoms with E-state index in [2.05, 4.69) is 20.7 Å². The van der Waals surface area contributed by atoms with Crippen LogP contribution in [0.3, 0.4) is 0 Å². The van der Waals surface area contributed by atoms with E-state index >= 15 is 0 Å². The van der Waals surface area contributed by atoms with Gasteiger partial charge in [0.1, 0.15) is 6.54 Å². The highest BCUT2D eigenvalue weighted by Crippen LogP contribution is 2.22. The lowest BCUT2D eigenvalue weighted by atomic mass is 10.1. The fourth-order valence-corrected chi connectivity index (χ4v) is 2.45. The van der Waals surface area contributed by atoms with Crippen molar-refractivity contribution in [1.29, 1.82) is 0 Å². The first kappa shape index (κ1) is 17.2. The molecule has 1 amide bonds. The van der Waals surface area contributed by atoms with Crippen molar-refractivity contribution in [3.05, 3.63) is 63.7 Å². The number of hydrogen-bond acceptors (Lipinski definition) is 6. The average Bonchev–Trinajstić information content (AvgIpc) is 3.04. The lowest BCUT2D eigenvalue weighted by Gasteiger charge is -2.05. The maximum atomic E-state index is 12.2. The summed E-state index contributed by atoms with van der Waals surface area (Å²) in [4.78, 5) is 23.8. The zero-order chi connectivity index (χ0) is 18.7. The van der Waals surface area contributed by atoms with Crippen molar-refractivity contribution in [3.63, 3.8) is 0 Å². The number of aryl methyl sites for hydroxylation is 2. The van der Waals surface area contributed by atoms with Crippen LogP contribution in [0.25, 0.3) is 11.4 Å². The van der Waals surface area contributed by atoms with Crippen LogP contribution in [0.2, 0.25) is 0 Å². The highest BCUT2D eigenvalue weighted by molar-refractivity contribution is 5.90. The number of rotatable bonds is 5. The van der Waals surface area contributed by atoms with Gasteiger partial charge in [-0.05, 0) is 30.7 Å². The molecule has 0 fully saturated rings. The van der Waals surface area contributed by atoms with E-state index in [0.717, 1.165) is 11.1 Å². The van der Waals surface area contributed by atoms with Gasteiger partial charge in [-0.2, -0.15) is 4.80 Å². The molecule has 1 N–H and O–H groups in total. The van der Waals surface area contributed by atoms with Crippen molar-refractivity contribution in [2.45, 2.75) is 20.4 Å². The van der Waals surface area contributed by atoms with E-state index in [0.29, 0.717) is 17.1 Å². The van der Waals surface area contributed by atoms with Crippen LogP contribution in [0.5, 0.6) is 0 Å². The Kier molecular flexibility index (Phi) is 4.70. The van der Waals surface area contributed by atoms with E-state index in [-0.39, 0.29) is 12.2 Å². The number of tetrazole rings is 1. The first-order chi connectivity index (χ1) is 12.4. The molecule has 3 aromatic rings. The van der Waals surface area contributed by atoms with Gasteiger partial charge in [-0.25, -0.2) is 0 Å². The highest BCUT2D eigenvalue weighted by Gasteiger charge is 2.14. The molecular formula is C17H16N6O3. The largest absolute Gasteiger partial charge is 0.324 e. The molecule has 0 aliphatic carbocycles. The molecule has 0 radical (unpaired) electrons. The molecule has 3 rings (SSSR count). The molecule has 0 bridgehead atoms. The predicted molar refractivity (Wildman–Crippen MR) is 94.5 cm³/mol. The number of nitro groups is 1. The van der Waals surface area contributed by atoms with Crippen LogP contribution in [0.1, 0.15) is 11.1 Å². The van der Waals surface area contributed by atoms with E-state index in [9.17, 15) is 14.9 Å². The third-order valence-corrected chi connectivity index (χ3v) is 3.81. The number of carbonyl (C=O) groups is 1. The SMILES string of the molecule is Cc1ccccc1-c1nnn(CC(=O)Nc2ccc(C)c([N+](=O)[O-])c2)n1. The van der Waals surface area contributed by atoms with E-state index in [1.54, 1.807) is 19.1 Å². The molecule has 2 aromatic carbocycles. The van der Waals surface area contributed by atoms with Crippen molar-refractivity contribution in [2.75, 3.05) is 5.32 Å². The van der Waals surface area contributed by atoms with Crippen LogP contribution in [0.4, 0.5) is 11.4 Å². The van der Waals surface area contributed by atoms with Gasteiger partial charge in [0.25, 0.3) is 5.69 Å². The van der Waals surface area contributed by atoms with E-state index in [4.69, 9.17) is 0 Å². The Balaban J connectivity index is 1.71. The fourth-order valence-electron chi connectivity index (χ4n) is 2.45. The van der Waals surface area contributed by atoms with E-state index < -0.39 is 10.8 Å². The second kappa shape index (κ2) is 7.09. The number of nitrogens with zero attached hydrogens (tertiary/aromatic N) is 5. The maximum Gasteiger partial charge on any atom is 0.274 e. The molecule has 0 atom stereocenters. The van der Waals surface area contributed by atoms with Crippen molar-refractivity contribution in [2.24, 2.45) is 0 Å². The van der Waals surface area contributed by atoms with Crippen molar-refractivity contribution >= 4 is 17.3 Å². The monoisotopic (exact) mass is 352 g/mol. The molecule has 1 aromatic heterocycles. The molecular weight excluding hydrogens is 336 g/mol. The summed E-state index contributed by atoms with van der Waals surface area (Å²) < 4.78 is 0. The standard InChI is InChI=1S/C17H16N6O3/c1-11-5-3-4-6-14(11)17-19-21-22(20-17)10-16(24)18-13-8-7-12(2)15(9-13)23(25)26/h3-9H,10H2,1-2H3,(H,18,24). The quantitative estimate of drug-likeness (QED) is 0.557. The summed E-state index contributed by atoms with van der Waals surface area (Å²) in [6.45, 7) is 3.42. The summed E-state index contributed by atoms with van der Waals surface area (Å²) >= 11 is 0. The zero-order valence-electron chi connectivity index (χ0n) is 14.2. The summed E-state index contributed by atoms with van der Waals surface area (Å²) in [6.07, 6.45) is 0. The molecule has 0 unspecified atom stereocenters. The van der Waals surface area contributed by atoms with Crippen LogP contribution in [0, 0.1) is 24.0 Å². The van der Waals surface area contributed by atoms with Crippen LogP contribution in [-0.4, -0.2) is 31.0 Å². The average molecular weight is 352 g/mol. The van der Waals surface area contributed by atoms with Gasteiger partial charge in [0, 0.05) is 22.9 Å². The number of anilines is 1. The Hall–Kier alpha value is -3.62. The minimum atomic E-state index is -0.488. The second-order valence-electron chi connectivity index (χ2n) is 5.76. The van der Waals surface area contributed by atoms with Crippen LogP contribution in [-0.2, 0) is 11.3 Å². The highest BCUT2D eigenvalue weighted by atomic mass is 16.6. The number of nitro benzene ring substituents is 1. The summed E-state index contributed by atoms with van der Waals surface area (Å²) in [7, 11) is 0. The lowest BCUT2D eigenvalue weighted by Crippen LogP contribution is -2.20. The third kappa shape index (κ3) is 3.72. The Labute approximate surface area is 148 Å². The van der Waals surface area contributed by atoms with Gasteiger partial charge in [0.15, 0.2) is 0 Å². The molecule has 0 spiro atoms. The summed E-state index contributed by atoms with van der Waals surface area (Å²) in [6, 6.07) is 12.1. The molecule has 9 heteroatoms. The number of aromatic nitrogens is 4.